The van der Waals surface area contributed by atoms with Gasteiger partial charge in [0.25, 0.3) is 0 Å². The number of carbonyl (C=O) groups is 2. The maximum absolute atomic E-state index is 12.2. The predicted molar refractivity (Wildman–Crippen MR) is 152 cm³/mol. The minimum atomic E-state index is -0.956. The van der Waals surface area contributed by atoms with Crippen LogP contribution in [0.15, 0.2) is 24.3 Å². The fourth-order valence-corrected chi connectivity index (χ4v) is 6.25. The van der Waals surface area contributed by atoms with Crippen LogP contribution in [0, 0.1) is 29.6 Å². The molecule has 0 aliphatic heterocycles. The highest BCUT2D eigenvalue weighted by molar-refractivity contribution is 5.88. The van der Waals surface area contributed by atoms with Crippen molar-refractivity contribution < 1.29 is 28.9 Å². The van der Waals surface area contributed by atoms with Crippen LogP contribution >= 0.6 is 0 Å². The lowest BCUT2D eigenvalue weighted by atomic mass is 9.68. The molecule has 0 aromatic carbocycles. The van der Waals surface area contributed by atoms with Gasteiger partial charge in [0.05, 0.1) is 37.1 Å². The van der Waals surface area contributed by atoms with Crippen molar-refractivity contribution in [3.8, 4) is 0 Å². The number of carbonyl (C=O) groups excluding carboxylic acids is 2. The fraction of sp³-hybridized carbons (Fsp3) is 0.812. The largest absolute Gasteiger partial charge is 0.462 e. The smallest absolute Gasteiger partial charge is 0.336 e. The van der Waals surface area contributed by atoms with Crippen molar-refractivity contribution in [3.63, 3.8) is 0 Å². The van der Waals surface area contributed by atoms with Gasteiger partial charge in [-0.3, -0.25) is 0 Å². The molecule has 0 spiro atoms. The highest BCUT2D eigenvalue weighted by Gasteiger charge is 2.31. The van der Waals surface area contributed by atoms with E-state index in [-0.39, 0.29) is 36.9 Å². The van der Waals surface area contributed by atoms with Gasteiger partial charge in [-0.05, 0) is 69.1 Å². The Morgan fingerprint density at radius 3 is 1.87 bits per heavy atom. The zero-order valence-corrected chi connectivity index (χ0v) is 24.4. The lowest BCUT2D eigenvalue weighted by Crippen LogP contribution is -2.27. The molecular formula is C32H54O6. The van der Waals surface area contributed by atoms with Crippen LogP contribution in [0.2, 0.25) is 0 Å². The van der Waals surface area contributed by atoms with Gasteiger partial charge in [0.2, 0.25) is 0 Å². The first kappa shape index (κ1) is 32.6. The van der Waals surface area contributed by atoms with Gasteiger partial charge < -0.3 is 19.3 Å². The second-order valence-corrected chi connectivity index (χ2v) is 11.9. The number of ether oxygens (including phenoxy) is 3. The van der Waals surface area contributed by atoms with Crippen LogP contribution < -0.4 is 0 Å². The van der Waals surface area contributed by atoms with Crippen molar-refractivity contribution in [2.75, 3.05) is 26.9 Å². The van der Waals surface area contributed by atoms with E-state index >= 15 is 0 Å². The van der Waals surface area contributed by atoms with E-state index in [1.807, 2.05) is 0 Å². The number of rotatable bonds is 17. The Kier molecular flexibility index (Phi) is 15.3. The average molecular weight is 535 g/mol. The summed E-state index contributed by atoms with van der Waals surface area (Å²) in [5.74, 6) is 2.24. The highest BCUT2D eigenvalue weighted by Crippen LogP contribution is 2.43. The molecule has 0 radical (unpaired) electrons. The molecule has 2 unspecified atom stereocenters. The zero-order valence-electron chi connectivity index (χ0n) is 24.4. The molecule has 2 rings (SSSR count). The van der Waals surface area contributed by atoms with Crippen molar-refractivity contribution >= 4 is 11.9 Å². The molecule has 2 aliphatic rings. The molecular weight excluding hydrogens is 480 g/mol. The summed E-state index contributed by atoms with van der Waals surface area (Å²) in [5, 5.41) is 9.60. The topological polar surface area (TPSA) is 82.1 Å². The van der Waals surface area contributed by atoms with Gasteiger partial charge in [-0.2, -0.15) is 0 Å². The summed E-state index contributed by atoms with van der Waals surface area (Å²) >= 11 is 0. The second-order valence-electron chi connectivity index (χ2n) is 11.9. The van der Waals surface area contributed by atoms with Crippen LogP contribution in [-0.2, 0) is 23.8 Å². The molecule has 2 fully saturated rings. The van der Waals surface area contributed by atoms with Crippen molar-refractivity contribution in [1.29, 1.82) is 0 Å². The number of aliphatic hydroxyl groups is 1. The van der Waals surface area contributed by atoms with Gasteiger partial charge in [-0.1, -0.05) is 71.4 Å². The van der Waals surface area contributed by atoms with E-state index < -0.39 is 18.0 Å². The number of hydrogen-bond acceptors (Lipinski definition) is 6. The summed E-state index contributed by atoms with van der Waals surface area (Å²) in [6, 6.07) is 0. The molecule has 6 heteroatoms. The van der Waals surface area contributed by atoms with Gasteiger partial charge in [-0.15, -0.1) is 0 Å². The minimum Gasteiger partial charge on any atom is -0.462 e. The Morgan fingerprint density at radius 1 is 0.842 bits per heavy atom. The van der Waals surface area contributed by atoms with Crippen LogP contribution in [-0.4, -0.2) is 50.1 Å². The Bertz CT molecular complexity index is 728. The van der Waals surface area contributed by atoms with Crippen molar-refractivity contribution in [2.45, 2.75) is 110 Å². The molecule has 0 amide bonds. The van der Waals surface area contributed by atoms with Gasteiger partial charge in [0.15, 0.2) is 0 Å². The maximum Gasteiger partial charge on any atom is 0.336 e. The predicted octanol–water partition coefficient (Wildman–Crippen LogP) is 6.80. The van der Waals surface area contributed by atoms with E-state index in [1.165, 1.54) is 91.1 Å². The molecule has 0 aromatic heterocycles. The van der Waals surface area contributed by atoms with Crippen molar-refractivity contribution in [3.05, 3.63) is 24.3 Å². The summed E-state index contributed by atoms with van der Waals surface area (Å²) in [5.41, 5.74) is 0.293. The van der Waals surface area contributed by atoms with E-state index in [2.05, 4.69) is 20.1 Å². The normalized spacial score (nSPS) is 25.3. The van der Waals surface area contributed by atoms with Crippen LogP contribution in [0.5, 0.6) is 0 Å². The van der Waals surface area contributed by atoms with Gasteiger partial charge in [-0.25, -0.2) is 9.59 Å². The van der Waals surface area contributed by atoms with E-state index in [1.54, 1.807) is 0 Å². The Labute approximate surface area is 231 Å². The molecule has 0 saturated heterocycles. The third-order valence-electron chi connectivity index (χ3n) is 8.92. The number of hydrogen-bond donors (Lipinski definition) is 1. The van der Waals surface area contributed by atoms with Crippen LogP contribution in [0.4, 0.5) is 0 Å². The number of methoxy groups -OCH3 is 1. The summed E-state index contributed by atoms with van der Waals surface area (Å²) in [6.07, 6.45) is 17.4. The van der Waals surface area contributed by atoms with E-state index in [9.17, 15) is 14.7 Å². The SMILES string of the molecule is C=C(COC)C(=O)OCC(CCC1CCC(C2CCC(CCCCC)CC2)CC1)COC(=O)C(=C)C(C)O. The molecule has 6 nitrogen and oxygen atoms in total. The van der Waals surface area contributed by atoms with E-state index in [0.29, 0.717) is 5.92 Å². The minimum absolute atomic E-state index is 0.0301. The van der Waals surface area contributed by atoms with Gasteiger partial charge in [0.1, 0.15) is 0 Å². The molecule has 2 aliphatic carbocycles. The molecule has 2 saturated carbocycles. The molecule has 218 valence electrons. The molecule has 38 heavy (non-hydrogen) atoms. The van der Waals surface area contributed by atoms with Gasteiger partial charge in [0, 0.05) is 13.0 Å². The third kappa shape index (κ3) is 11.6. The number of esters is 2. The monoisotopic (exact) mass is 534 g/mol. The summed E-state index contributed by atoms with van der Waals surface area (Å²) in [7, 11) is 1.50. The molecule has 0 bridgehead atoms. The van der Waals surface area contributed by atoms with E-state index in [0.717, 1.165) is 30.6 Å². The fourth-order valence-electron chi connectivity index (χ4n) is 6.25. The van der Waals surface area contributed by atoms with Crippen molar-refractivity contribution in [1.82, 2.24) is 0 Å². The first-order valence-corrected chi connectivity index (χ1v) is 15.1. The highest BCUT2D eigenvalue weighted by atomic mass is 16.5. The van der Waals surface area contributed by atoms with Crippen LogP contribution in [0.3, 0.4) is 0 Å². The maximum atomic E-state index is 12.2. The first-order valence-electron chi connectivity index (χ1n) is 15.1. The Morgan fingerprint density at radius 2 is 1.37 bits per heavy atom. The molecule has 0 heterocycles. The summed E-state index contributed by atoms with van der Waals surface area (Å²) in [6.45, 7) is 11.5. The lowest BCUT2D eigenvalue weighted by Gasteiger charge is -2.38. The lowest BCUT2D eigenvalue weighted by molar-refractivity contribution is -0.145. The standard InChI is InChI=1S/C32H54O6/c1-6-7-8-9-26-12-16-29(17-13-26)30-18-14-27(15-19-30)10-11-28(21-37-31(34)23(2)20-36-5)22-38-32(35)24(3)25(4)33/h25-30,33H,2-3,6-22H2,1,4-5H3. The van der Waals surface area contributed by atoms with Crippen molar-refractivity contribution in [2.24, 2.45) is 29.6 Å². The Hall–Kier alpha value is -1.66. The molecule has 2 atom stereocenters. The zero-order chi connectivity index (χ0) is 27.9. The number of unbranched alkanes of at least 4 members (excludes halogenated alkanes) is 2. The quantitative estimate of drug-likeness (QED) is 0.126. The van der Waals surface area contributed by atoms with Crippen LogP contribution in [0.25, 0.3) is 0 Å². The average Bonchev–Trinajstić information content (AvgIpc) is 2.92. The molecule has 1 N–H and O–H groups in total. The first-order chi connectivity index (χ1) is 18.2. The Balaban J connectivity index is 1.77. The third-order valence-corrected chi connectivity index (χ3v) is 8.92. The molecule has 0 aromatic rings. The summed E-state index contributed by atoms with van der Waals surface area (Å²) in [4.78, 5) is 24.4. The second kappa shape index (κ2) is 17.8. The summed E-state index contributed by atoms with van der Waals surface area (Å²) < 4.78 is 15.8. The van der Waals surface area contributed by atoms with Gasteiger partial charge >= 0.3 is 11.9 Å². The number of aliphatic hydroxyl groups excluding tert-OH is 1. The van der Waals surface area contributed by atoms with E-state index in [4.69, 9.17) is 14.2 Å². The van der Waals surface area contributed by atoms with Crippen LogP contribution in [0.1, 0.15) is 104 Å².